The highest BCUT2D eigenvalue weighted by molar-refractivity contribution is 7.88. The zero-order valence-electron chi connectivity index (χ0n) is 13.6. The topological polar surface area (TPSA) is 52.7 Å². The maximum absolute atomic E-state index is 11.7. The normalized spacial score (nSPS) is 30.2. The summed E-state index contributed by atoms with van der Waals surface area (Å²) in [5.41, 5.74) is 0. The minimum Gasteiger partial charge on any atom is -0.313 e. The molecule has 0 aromatic rings. The second-order valence-electron chi connectivity index (χ2n) is 6.68. The molecule has 2 fully saturated rings. The van der Waals surface area contributed by atoms with Crippen LogP contribution in [0.1, 0.15) is 39.0 Å². The number of nitrogens with zero attached hydrogens (tertiary/aromatic N) is 2. The Balaban J connectivity index is 1.87. The summed E-state index contributed by atoms with van der Waals surface area (Å²) >= 11 is 0. The summed E-state index contributed by atoms with van der Waals surface area (Å²) in [6.07, 6.45) is 7.15. The lowest BCUT2D eigenvalue weighted by atomic mass is 9.98. The molecule has 2 unspecified atom stereocenters. The second-order valence-corrected chi connectivity index (χ2v) is 8.66. The first-order chi connectivity index (χ1) is 9.99. The molecule has 0 aromatic carbocycles. The summed E-state index contributed by atoms with van der Waals surface area (Å²) in [4.78, 5) is 2.55. The van der Waals surface area contributed by atoms with Crippen LogP contribution in [0, 0.1) is 5.92 Å². The summed E-state index contributed by atoms with van der Waals surface area (Å²) in [5.74, 6) is 0.494. The monoisotopic (exact) mass is 317 g/mol. The molecule has 0 aliphatic carbocycles. The molecule has 2 rings (SSSR count). The van der Waals surface area contributed by atoms with Crippen molar-refractivity contribution < 1.29 is 8.42 Å². The Kier molecular flexibility index (Phi) is 6.47. The van der Waals surface area contributed by atoms with Gasteiger partial charge in [0, 0.05) is 32.2 Å². The van der Waals surface area contributed by atoms with E-state index in [2.05, 4.69) is 17.1 Å². The van der Waals surface area contributed by atoms with Crippen LogP contribution < -0.4 is 5.32 Å². The van der Waals surface area contributed by atoms with Crippen LogP contribution in [0.5, 0.6) is 0 Å². The van der Waals surface area contributed by atoms with Crippen LogP contribution in [0.3, 0.4) is 0 Å². The van der Waals surface area contributed by atoms with E-state index in [9.17, 15) is 8.42 Å². The van der Waals surface area contributed by atoms with E-state index >= 15 is 0 Å². The Morgan fingerprint density at radius 3 is 2.71 bits per heavy atom. The van der Waals surface area contributed by atoms with Crippen molar-refractivity contribution in [2.45, 2.75) is 45.1 Å². The van der Waals surface area contributed by atoms with Gasteiger partial charge in [-0.15, -0.1) is 0 Å². The standard InChI is InChI=1S/C15H31N3O2S/c1-3-6-15-13-17(9-5-8-16-15)11-14-7-4-10-18(12-14)21(2,19)20/h14-16H,3-13H2,1-2H3. The molecule has 1 N–H and O–H groups in total. The molecule has 0 bridgehead atoms. The molecule has 0 radical (unpaired) electrons. The Morgan fingerprint density at radius 1 is 1.19 bits per heavy atom. The SMILES string of the molecule is CCCC1CN(CC2CCCN(S(C)(=O)=O)C2)CCCN1. The predicted octanol–water partition coefficient (Wildman–Crippen LogP) is 1.12. The first kappa shape index (κ1) is 17.2. The molecule has 0 amide bonds. The lowest BCUT2D eigenvalue weighted by Crippen LogP contribution is -2.45. The molecule has 21 heavy (non-hydrogen) atoms. The van der Waals surface area contributed by atoms with Gasteiger partial charge in [-0.2, -0.15) is 0 Å². The average Bonchev–Trinajstić information content (AvgIpc) is 2.64. The number of sulfonamides is 1. The van der Waals surface area contributed by atoms with Gasteiger partial charge in [0.25, 0.3) is 0 Å². The Bertz CT molecular complexity index is 413. The third kappa shape index (κ3) is 5.51. The highest BCUT2D eigenvalue weighted by Gasteiger charge is 2.28. The van der Waals surface area contributed by atoms with Crippen molar-refractivity contribution in [3.05, 3.63) is 0 Å². The Morgan fingerprint density at radius 2 is 2.00 bits per heavy atom. The van der Waals surface area contributed by atoms with E-state index in [0.717, 1.165) is 39.0 Å². The van der Waals surface area contributed by atoms with Crippen LogP contribution in [-0.2, 0) is 10.0 Å². The van der Waals surface area contributed by atoms with Crippen LogP contribution in [0.15, 0.2) is 0 Å². The van der Waals surface area contributed by atoms with Crippen LogP contribution in [0.25, 0.3) is 0 Å². The third-order valence-electron chi connectivity index (χ3n) is 4.67. The molecular weight excluding hydrogens is 286 g/mol. The largest absolute Gasteiger partial charge is 0.313 e. The van der Waals surface area contributed by atoms with Gasteiger partial charge in [-0.05, 0) is 44.7 Å². The lowest BCUT2D eigenvalue weighted by Gasteiger charge is -2.34. The lowest BCUT2D eigenvalue weighted by molar-refractivity contribution is 0.175. The van der Waals surface area contributed by atoms with Crippen molar-refractivity contribution >= 4 is 10.0 Å². The zero-order chi connectivity index (χ0) is 15.3. The van der Waals surface area contributed by atoms with Gasteiger partial charge >= 0.3 is 0 Å². The van der Waals surface area contributed by atoms with Crippen molar-refractivity contribution in [3.63, 3.8) is 0 Å². The van der Waals surface area contributed by atoms with Gasteiger partial charge < -0.3 is 10.2 Å². The maximum Gasteiger partial charge on any atom is 0.211 e. The summed E-state index contributed by atoms with van der Waals surface area (Å²) < 4.78 is 25.1. The first-order valence-electron chi connectivity index (χ1n) is 8.40. The fourth-order valence-corrected chi connectivity index (χ4v) is 4.57. The van der Waals surface area contributed by atoms with Crippen molar-refractivity contribution in [3.8, 4) is 0 Å². The molecule has 5 nitrogen and oxygen atoms in total. The summed E-state index contributed by atoms with van der Waals surface area (Å²) in [7, 11) is -3.02. The third-order valence-corrected chi connectivity index (χ3v) is 5.94. The molecule has 2 aliphatic heterocycles. The van der Waals surface area contributed by atoms with Gasteiger partial charge in [-0.25, -0.2) is 12.7 Å². The van der Waals surface area contributed by atoms with Crippen molar-refractivity contribution in [2.75, 3.05) is 45.5 Å². The average molecular weight is 317 g/mol. The first-order valence-corrected chi connectivity index (χ1v) is 10.2. The van der Waals surface area contributed by atoms with Crippen molar-refractivity contribution in [1.29, 1.82) is 0 Å². The molecule has 124 valence electrons. The van der Waals surface area contributed by atoms with Gasteiger partial charge in [-0.3, -0.25) is 0 Å². The van der Waals surface area contributed by atoms with Gasteiger partial charge in [0.05, 0.1) is 6.26 Å². The maximum atomic E-state index is 11.7. The Labute approximate surface area is 130 Å². The summed E-state index contributed by atoms with van der Waals surface area (Å²) in [6, 6.07) is 0.604. The quantitative estimate of drug-likeness (QED) is 0.826. The number of nitrogens with one attached hydrogen (secondary N) is 1. The minimum absolute atomic E-state index is 0.494. The summed E-state index contributed by atoms with van der Waals surface area (Å²) in [5, 5.41) is 3.63. The van der Waals surface area contributed by atoms with Gasteiger partial charge in [0.2, 0.25) is 10.0 Å². The molecule has 2 saturated heterocycles. The Hall–Kier alpha value is -0.170. The summed E-state index contributed by atoms with van der Waals surface area (Å²) in [6.45, 7) is 8.07. The number of rotatable bonds is 5. The number of hydrogen-bond acceptors (Lipinski definition) is 4. The second kappa shape index (κ2) is 7.90. The molecule has 0 saturated carbocycles. The number of piperidine rings is 1. The van der Waals surface area contributed by atoms with Crippen LogP contribution >= 0.6 is 0 Å². The van der Waals surface area contributed by atoms with Crippen LogP contribution in [0.4, 0.5) is 0 Å². The molecule has 0 aromatic heterocycles. The zero-order valence-corrected chi connectivity index (χ0v) is 14.4. The smallest absolute Gasteiger partial charge is 0.211 e. The van der Waals surface area contributed by atoms with E-state index in [-0.39, 0.29) is 0 Å². The van der Waals surface area contributed by atoms with Crippen LogP contribution in [0.2, 0.25) is 0 Å². The number of hydrogen-bond donors (Lipinski definition) is 1. The van der Waals surface area contributed by atoms with Crippen LogP contribution in [-0.4, -0.2) is 69.2 Å². The minimum atomic E-state index is -3.02. The molecular formula is C15H31N3O2S. The molecule has 2 aliphatic rings. The van der Waals surface area contributed by atoms with E-state index in [4.69, 9.17) is 0 Å². The fraction of sp³-hybridized carbons (Fsp3) is 1.00. The van der Waals surface area contributed by atoms with E-state index < -0.39 is 10.0 Å². The predicted molar refractivity (Wildman–Crippen MR) is 86.9 cm³/mol. The van der Waals surface area contributed by atoms with Gasteiger partial charge in [0.1, 0.15) is 0 Å². The molecule has 2 heterocycles. The highest BCUT2D eigenvalue weighted by Crippen LogP contribution is 2.20. The highest BCUT2D eigenvalue weighted by atomic mass is 32.2. The van der Waals surface area contributed by atoms with E-state index in [1.807, 2.05) is 0 Å². The molecule has 2 atom stereocenters. The van der Waals surface area contributed by atoms with Gasteiger partial charge in [0.15, 0.2) is 0 Å². The van der Waals surface area contributed by atoms with Gasteiger partial charge in [-0.1, -0.05) is 13.3 Å². The van der Waals surface area contributed by atoms with Crippen molar-refractivity contribution in [1.82, 2.24) is 14.5 Å². The van der Waals surface area contributed by atoms with E-state index in [0.29, 0.717) is 25.0 Å². The molecule has 6 heteroatoms. The van der Waals surface area contributed by atoms with E-state index in [1.54, 1.807) is 4.31 Å². The van der Waals surface area contributed by atoms with E-state index in [1.165, 1.54) is 25.5 Å². The fourth-order valence-electron chi connectivity index (χ4n) is 3.63. The van der Waals surface area contributed by atoms with Crippen molar-refractivity contribution in [2.24, 2.45) is 5.92 Å². The molecule has 0 spiro atoms.